The minimum absolute atomic E-state index is 0.338. The van der Waals surface area contributed by atoms with Crippen LogP contribution in [0.2, 0.25) is 0 Å². The zero-order chi connectivity index (χ0) is 17.7. The van der Waals surface area contributed by atoms with Crippen LogP contribution in [0, 0.1) is 11.6 Å². The molecule has 0 aliphatic carbocycles. The van der Waals surface area contributed by atoms with Gasteiger partial charge in [0.15, 0.2) is 5.82 Å². The van der Waals surface area contributed by atoms with E-state index in [2.05, 4.69) is 15.0 Å². The predicted octanol–water partition coefficient (Wildman–Crippen LogP) is 4.82. The number of pyridine rings is 1. The van der Waals surface area contributed by atoms with Crippen molar-refractivity contribution < 1.29 is 8.78 Å². The summed E-state index contributed by atoms with van der Waals surface area (Å²) in [6.07, 6.45) is 1.83. The molecule has 5 aromatic rings. The highest BCUT2D eigenvalue weighted by atomic mass is 19.1. The Balaban J connectivity index is 1.79. The van der Waals surface area contributed by atoms with Crippen LogP contribution in [0.5, 0.6) is 0 Å². The van der Waals surface area contributed by atoms with Gasteiger partial charge in [-0.25, -0.2) is 18.7 Å². The van der Waals surface area contributed by atoms with Crippen molar-refractivity contribution >= 4 is 16.6 Å². The number of benzene rings is 2. The van der Waals surface area contributed by atoms with Crippen LogP contribution >= 0.6 is 0 Å². The van der Waals surface area contributed by atoms with Gasteiger partial charge in [-0.1, -0.05) is 18.2 Å². The van der Waals surface area contributed by atoms with Crippen LogP contribution in [0.4, 0.5) is 8.78 Å². The molecule has 4 nitrogen and oxygen atoms in total. The van der Waals surface area contributed by atoms with Gasteiger partial charge in [0.25, 0.3) is 0 Å². The van der Waals surface area contributed by atoms with Gasteiger partial charge < -0.3 is 4.98 Å². The normalized spacial score (nSPS) is 11.5. The molecule has 0 aliphatic heterocycles. The van der Waals surface area contributed by atoms with Crippen molar-refractivity contribution in [2.75, 3.05) is 0 Å². The Morgan fingerprint density at radius 2 is 1.73 bits per heavy atom. The quantitative estimate of drug-likeness (QED) is 0.498. The third-order valence-corrected chi connectivity index (χ3v) is 4.33. The molecule has 0 aliphatic rings. The molecule has 0 atom stereocenters. The topological polar surface area (TPSA) is 46.0 Å². The number of rotatable bonds is 2. The van der Waals surface area contributed by atoms with Crippen molar-refractivity contribution in [2.45, 2.75) is 0 Å². The molecule has 0 bridgehead atoms. The van der Waals surface area contributed by atoms with Gasteiger partial charge in [-0.15, -0.1) is 0 Å². The van der Waals surface area contributed by atoms with Gasteiger partial charge in [0.1, 0.15) is 23.2 Å². The molecule has 0 radical (unpaired) electrons. The van der Waals surface area contributed by atoms with Gasteiger partial charge >= 0.3 is 0 Å². The molecule has 26 heavy (non-hydrogen) atoms. The molecular formula is C20H12F2N4. The molecule has 5 rings (SSSR count). The van der Waals surface area contributed by atoms with Crippen molar-refractivity contribution in [1.29, 1.82) is 0 Å². The summed E-state index contributed by atoms with van der Waals surface area (Å²) in [4.78, 5) is 12.3. The van der Waals surface area contributed by atoms with Crippen LogP contribution < -0.4 is 0 Å². The van der Waals surface area contributed by atoms with Gasteiger partial charge in [0, 0.05) is 6.20 Å². The molecule has 0 saturated heterocycles. The maximum atomic E-state index is 14.3. The Morgan fingerprint density at radius 1 is 0.885 bits per heavy atom. The zero-order valence-electron chi connectivity index (χ0n) is 13.4. The van der Waals surface area contributed by atoms with Crippen LogP contribution in [0.15, 0.2) is 66.9 Å². The van der Waals surface area contributed by atoms with E-state index in [1.807, 2.05) is 28.8 Å². The molecule has 6 heteroatoms. The SMILES string of the molecule is Fc1ccc2nc(-c3nc(-c4ccccc4F)n4ccccc34)[nH]c2c1. The van der Waals surface area contributed by atoms with Crippen LogP contribution in [-0.2, 0) is 0 Å². The number of nitrogens with zero attached hydrogens (tertiary/aromatic N) is 3. The van der Waals surface area contributed by atoms with Gasteiger partial charge in [-0.2, -0.15) is 0 Å². The maximum absolute atomic E-state index is 14.3. The van der Waals surface area contributed by atoms with E-state index < -0.39 is 0 Å². The summed E-state index contributed by atoms with van der Waals surface area (Å²) in [6.45, 7) is 0. The van der Waals surface area contributed by atoms with Gasteiger partial charge in [0.2, 0.25) is 0 Å². The number of H-pyrrole nitrogens is 1. The predicted molar refractivity (Wildman–Crippen MR) is 95.6 cm³/mol. The van der Waals surface area contributed by atoms with Crippen LogP contribution in [0.1, 0.15) is 0 Å². The van der Waals surface area contributed by atoms with Crippen molar-refractivity contribution in [3.05, 3.63) is 78.5 Å². The Labute approximate surface area is 146 Å². The van der Waals surface area contributed by atoms with Crippen molar-refractivity contribution in [2.24, 2.45) is 0 Å². The van der Waals surface area contributed by atoms with Crippen molar-refractivity contribution in [3.63, 3.8) is 0 Å². The molecule has 0 spiro atoms. The largest absolute Gasteiger partial charge is 0.336 e. The summed E-state index contributed by atoms with van der Waals surface area (Å²) >= 11 is 0. The van der Waals surface area contributed by atoms with Crippen LogP contribution in [0.3, 0.4) is 0 Å². The lowest BCUT2D eigenvalue weighted by Gasteiger charge is -2.01. The minimum Gasteiger partial charge on any atom is -0.336 e. The first kappa shape index (κ1) is 14.8. The van der Waals surface area contributed by atoms with Crippen LogP contribution in [0.25, 0.3) is 39.5 Å². The lowest BCUT2D eigenvalue weighted by atomic mass is 10.2. The van der Waals surface area contributed by atoms with E-state index in [0.29, 0.717) is 33.9 Å². The van der Waals surface area contributed by atoms with Crippen molar-refractivity contribution in [1.82, 2.24) is 19.4 Å². The summed E-state index contributed by atoms with van der Waals surface area (Å²) in [5, 5.41) is 0. The average molecular weight is 346 g/mol. The second-order valence-corrected chi connectivity index (χ2v) is 5.97. The number of nitrogens with one attached hydrogen (secondary N) is 1. The van der Waals surface area contributed by atoms with Gasteiger partial charge in [-0.05, 0) is 42.5 Å². The fraction of sp³-hybridized carbons (Fsp3) is 0. The van der Waals surface area contributed by atoms with Gasteiger partial charge in [-0.3, -0.25) is 4.40 Å². The highest BCUT2D eigenvalue weighted by molar-refractivity contribution is 5.84. The number of hydrogen-bond donors (Lipinski definition) is 1. The summed E-state index contributed by atoms with van der Waals surface area (Å²) in [7, 11) is 0. The molecule has 126 valence electrons. The van der Waals surface area contributed by atoms with E-state index in [9.17, 15) is 8.78 Å². The molecule has 3 aromatic heterocycles. The summed E-state index contributed by atoms with van der Waals surface area (Å²) in [5.41, 5.74) is 3.00. The number of aromatic nitrogens is 4. The molecule has 2 aromatic carbocycles. The standard InChI is InChI=1S/C20H12F2N4/c21-12-8-9-15-16(11-12)24-19(23-15)18-17-7-3-4-10-26(17)20(25-18)13-5-1-2-6-14(13)22/h1-11H,(H,23,24). The van der Waals surface area contributed by atoms with E-state index in [-0.39, 0.29) is 11.6 Å². The first-order valence-corrected chi connectivity index (χ1v) is 8.08. The lowest BCUT2D eigenvalue weighted by molar-refractivity contribution is 0.629. The lowest BCUT2D eigenvalue weighted by Crippen LogP contribution is -1.91. The molecule has 0 amide bonds. The molecular weight excluding hydrogens is 334 g/mol. The summed E-state index contributed by atoms with van der Waals surface area (Å²) < 4.78 is 29.6. The number of imidazole rings is 2. The fourth-order valence-corrected chi connectivity index (χ4v) is 3.14. The third kappa shape index (κ3) is 2.19. The smallest absolute Gasteiger partial charge is 0.159 e. The van der Waals surface area contributed by atoms with E-state index in [1.54, 1.807) is 24.3 Å². The molecule has 1 N–H and O–H groups in total. The Bertz CT molecular complexity index is 1270. The van der Waals surface area contributed by atoms with E-state index in [0.717, 1.165) is 5.52 Å². The molecule has 0 saturated carbocycles. The van der Waals surface area contributed by atoms with Crippen molar-refractivity contribution in [3.8, 4) is 22.9 Å². The minimum atomic E-state index is -0.346. The second-order valence-electron chi connectivity index (χ2n) is 5.97. The summed E-state index contributed by atoms with van der Waals surface area (Å²) in [5.74, 6) is 0.313. The first-order valence-electron chi connectivity index (χ1n) is 8.08. The highest BCUT2D eigenvalue weighted by Crippen LogP contribution is 2.30. The van der Waals surface area contributed by atoms with E-state index in [4.69, 9.17) is 0 Å². The monoisotopic (exact) mass is 346 g/mol. The molecule has 3 heterocycles. The van der Waals surface area contributed by atoms with E-state index >= 15 is 0 Å². The Morgan fingerprint density at radius 3 is 2.62 bits per heavy atom. The van der Waals surface area contributed by atoms with Gasteiger partial charge in [0.05, 0.1) is 22.1 Å². The van der Waals surface area contributed by atoms with E-state index in [1.165, 1.54) is 18.2 Å². The number of hydrogen-bond acceptors (Lipinski definition) is 2. The molecule has 0 unspecified atom stereocenters. The summed E-state index contributed by atoms with van der Waals surface area (Å²) in [6, 6.07) is 16.5. The Hall–Kier alpha value is -3.54. The number of fused-ring (bicyclic) bond motifs is 2. The van der Waals surface area contributed by atoms with Crippen LogP contribution in [-0.4, -0.2) is 19.4 Å². The third-order valence-electron chi connectivity index (χ3n) is 4.33. The first-order chi connectivity index (χ1) is 12.7. The zero-order valence-corrected chi connectivity index (χ0v) is 13.4. The molecule has 0 fully saturated rings. The highest BCUT2D eigenvalue weighted by Gasteiger charge is 2.18. The number of aromatic amines is 1. The maximum Gasteiger partial charge on any atom is 0.159 e. The second kappa shape index (κ2) is 5.49. The fourth-order valence-electron chi connectivity index (χ4n) is 3.14. The average Bonchev–Trinajstić information content (AvgIpc) is 3.23. The Kier molecular flexibility index (Phi) is 3.12. The number of halogens is 2.